The van der Waals surface area contributed by atoms with Crippen LogP contribution in [0.25, 0.3) is 0 Å². The van der Waals surface area contributed by atoms with E-state index in [9.17, 15) is 8.42 Å². The first-order chi connectivity index (χ1) is 10.6. The molecule has 0 atom stereocenters. The molecule has 0 aliphatic heterocycles. The van der Waals surface area contributed by atoms with E-state index in [4.69, 9.17) is 4.18 Å². The van der Waals surface area contributed by atoms with Crippen molar-refractivity contribution in [1.29, 1.82) is 0 Å². The van der Waals surface area contributed by atoms with Gasteiger partial charge >= 0.3 is 0 Å². The Kier molecular flexibility index (Phi) is 9.41. The van der Waals surface area contributed by atoms with Gasteiger partial charge in [-0.1, -0.05) is 76.0 Å². The molecular formula is C18H30O3S. The van der Waals surface area contributed by atoms with E-state index >= 15 is 0 Å². The van der Waals surface area contributed by atoms with Gasteiger partial charge in [0.25, 0.3) is 10.1 Å². The molecule has 0 N–H and O–H groups in total. The number of hydrogen-bond acceptors (Lipinski definition) is 3. The molecule has 1 aromatic carbocycles. The molecule has 4 heteroatoms. The summed E-state index contributed by atoms with van der Waals surface area (Å²) in [4.78, 5) is 0.244. The number of aryl methyl sites for hydroxylation is 1. The lowest BCUT2D eigenvalue weighted by molar-refractivity contribution is 0.306. The van der Waals surface area contributed by atoms with Gasteiger partial charge in [-0.15, -0.1) is 0 Å². The largest absolute Gasteiger partial charge is 0.296 e. The average molecular weight is 327 g/mol. The van der Waals surface area contributed by atoms with Crippen molar-refractivity contribution in [3.8, 4) is 0 Å². The lowest BCUT2D eigenvalue weighted by Gasteiger charge is -2.06. The van der Waals surface area contributed by atoms with Crippen LogP contribution in [0.5, 0.6) is 0 Å². The van der Waals surface area contributed by atoms with E-state index in [-0.39, 0.29) is 11.5 Å². The third kappa shape index (κ3) is 7.95. The maximum absolute atomic E-state index is 12.0. The standard InChI is InChI=1S/C18H30O3S/c1-3-4-5-6-7-8-9-10-11-16-21-22(19,20)18-14-12-17(2)13-15-18/h12-15H,3-11,16H2,1-2H3. The summed E-state index contributed by atoms with van der Waals surface area (Å²) in [5.41, 5.74) is 1.04. The number of unbranched alkanes of at least 4 members (excludes halogenated alkanes) is 8. The predicted octanol–water partition coefficient (Wildman–Crippen LogP) is 5.23. The van der Waals surface area contributed by atoms with Gasteiger partial charge in [0.1, 0.15) is 0 Å². The second-order valence-corrected chi connectivity index (χ2v) is 7.53. The van der Waals surface area contributed by atoms with Crippen LogP contribution in [0.4, 0.5) is 0 Å². The van der Waals surface area contributed by atoms with Crippen LogP contribution in [0.2, 0.25) is 0 Å². The minimum atomic E-state index is -3.58. The SMILES string of the molecule is CCCCCCCCCCCOS(=O)(=O)c1ccc(C)cc1. The van der Waals surface area contributed by atoms with Gasteiger partial charge in [0.05, 0.1) is 11.5 Å². The average Bonchev–Trinajstić information content (AvgIpc) is 2.49. The van der Waals surface area contributed by atoms with Crippen molar-refractivity contribution in [1.82, 2.24) is 0 Å². The van der Waals surface area contributed by atoms with Gasteiger partial charge in [0.15, 0.2) is 0 Å². The predicted molar refractivity (Wildman–Crippen MR) is 91.5 cm³/mol. The highest BCUT2D eigenvalue weighted by Gasteiger charge is 2.14. The Morgan fingerprint density at radius 1 is 0.818 bits per heavy atom. The molecule has 0 radical (unpaired) electrons. The van der Waals surface area contributed by atoms with Crippen LogP contribution in [0, 0.1) is 6.92 Å². The van der Waals surface area contributed by atoms with Crippen LogP contribution >= 0.6 is 0 Å². The molecule has 0 aliphatic carbocycles. The molecule has 0 saturated carbocycles. The highest BCUT2D eigenvalue weighted by atomic mass is 32.2. The molecule has 0 unspecified atom stereocenters. The molecule has 0 aromatic heterocycles. The summed E-state index contributed by atoms with van der Waals surface area (Å²) in [5, 5.41) is 0. The van der Waals surface area contributed by atoms with Crippen molar-refractivity contribution < 1.29 is 12.6 Å². The fourth-order valence-electron chi connectivity index (χ4n) is 2.35. The van der Waals surface area contributed by atoms with Crippen molar-refractivity contribution in [2.45, 2.75) is 76.5 Å². The maximum atomic E-state index is 12.0. The molecule has 3 nitrogen and oxygen atoms in total. The Bertz CT molecular complexity index is 492. The zero-order valence-electron chi connectivity index (χ0n) is 14.0. The van der Waals surface area contributed by atoms with Crippen molar-refractivity contribution in [2.24, 2.45) is 0 Å². The lowest BCUT2D eigenvalue weighted by Crippen LogP contribution is -2.07. The van der Waals surface area contributed by atoms with Gasteiger partial charge < -0.3 is 0 Å². The summed E-state index contributed by atoms with van der Waals surface area (Å²) in [6.07, 6.45) is 10.8. The van der Waals surface area contributed by atoms with Crippen molar-refractivity contribution in [3.63, 3.8) is 0 Å². The third-order valence-electron chi connectivity index (χ3n) is 3.80. The van der Waals surface area contributed by atoms with Gasteiger partial charge in [-0.2, -0.15) is 8.42 Å². The van der Waals surface area contributed by atoms with Gasteiger partial charge in [-0.25, -0.2) is 0 Å². The molecule has 0 fully saturated rings. The van der Waals surface area contributed by atoms with E-state index in [0.717, 1.165) is 18.4 Å². The zero-order chi connectivity index (χ0) is 16.3. The summed E-state index contributed by atoms with van der Waals surface area (Å²) in [5.74, 6) is 0. The maximum Gasteiger partial charge on any atom is 0.296 e. The minimum Gasteiger partial charge on any atom is -0.266 e. The Labute approximate surface area is 136 Å². The first-order valence-corrected chi connectivity index (χ1v) is 9.93. The van der Waals surface area contributed by atoms with E-state index < -0.39 is 10.1 Å². The summed E-state index contributed by atoms with van der Waals surface area (Å²) in [6.45, 7) is 4.44. The second-order valence-electron chi connectivity index (χ2n) is 5.92. The van der Waals surface area contributed by atoms with Gasteiger partial charge in [-0.3, -0.25) is 4.18 Å². The highest BCUT2D eigenvalue weighted by molar-refractivity contribution is 7.86. The number of rotatable bonds is 12. The molecule has 0 aliphatic rings. The Morgan fingerprint density at radius 2 is 1.32 bits per heavy atom. The summed E-state index contributed by atoms with van der Waals surface area (Å²) in [7, 11) is -3.58. The lowest BCUT2D eigenvalue weighted by atomic mass is 10.1. The van der Waals surface area contributed by atoms with Crippen molar-refractivity contribution >= 4 is 10.1 Å². The molecule has 22 heavy (non-hydrogen) atoms. The highest BCUT2D eigenvalue weighted by Crippen LogP contribution is 2.14. The van der Waals surface area contributed by atoms with Gasteiger partial charge in [-0.05, 0) is 25.5 Å². The van der Waals surface area contributed by atoms with Gasteiger partial charge in [0.2, 0.25) is 0 Å². The number of benzene rings is 1. The van der Waals surface area contributed by atoms with Crippen LogP contribution in [0.1, 0.15) is 70.3 Å². The third-order valence-corrected chi connectivity index (χ3v) is 5.12. The quantitative estimate of drug-likeness (QED) is 0.390. The van der Waals surface area contributed by atoms with Crippen LogP contribution < -0.4 is 0 Å². The smallest absolute Gasteiger partial charge is 0.266 e. The Hall–Kier alpha value is -0.870. The molecule has 0 spiro atoms. The van der Waals surface area contributed by atoms with E-state index in [0.29, 0.717) is 0 Å². The Morgan fingerprint density at radius 3 is 1.86 bits per heavy atom. The molecule has 0 saturated heterocycles. The van der Waals surface area contributed by atoms with Gasteiger partial charge in [0, 0.05) is 0 Å². The van der Waals surface area contributed by atoms with Crippen LogP contribution in [0.15, 0.2) is 29.2 Å². The second kappa shape index (κ2) is 10.8. The molecule has 0 amide bonds. The summed E-state index contributed by atoms with van der Waals surface area (Å²) in [6, 6.07) is 6.77. The first kappa shape index (κ1) is 19.2. The van der Waals surface area contributed by atoms with E-state index in [1.165, 1.54) is 44.9 Å². The normalized spacial score (nSPS) is 11.7. The van der Waals surface area contributed by atoms with E-state index in [2.05, 4.69) is 6.92 Å². The molecule has 126 valence electrons. The fourth-order valence-corrected chi connectivity index (χ4v) is 3.30. The monoisotopic (exact) mass is 326 g/mol. The van der Waals surface area contributed by atoms with Crippen molar-refractivity contribution in [2.75, 3.05) is 6.61 Å². The molecule has 1 aromatic rings. The topological polar surface area (TPSA) is 43.4 Å². The molecule has 0 heterocycles. The zero-order valence-corrected chi connectivity index (χ0v) is 14.8. The molecular weight excluding hydrogens is 296 g/mol. The van der Waals surface area contributed by atoms with E-state index in [1.807, 2.05) is 6.92 Å². The Balaban J connectivity index is 2.10. The minimum absolute atomic E-state index is 0.244. The van der Waals surface area contributed by atoms with Crippen LogP contribution in [-0.2, 0) is 14.3 Å². The van der Waals surface area contributed by atoms with Crippen molar-refractivity contribution in [3.05, 3.63) is 29.8 Å². The summed E-state index contributed by atoms with van der Waals surface area (Å²) < 4.78 is 29.0. The van der Waals surface area contributed by atoms with Crippen LogP contribution in [0.3, 0.4) is 0 Å². The number of hydrogen-bond donors (Lipinski definition) is 0. The molecule has 1 rings (SSSR count). The van der Waals surface area contributed by atoms with Crippen LogP contribution in [-0.4, -0.2) is 15.0 Å². The molecule has 0 bridgehead atoms. The first-order valence-electron chi connectivity index (χ1n) is 8.52. The summed E-state index contributed by atoms with van der Waals surface area (Å²) >= 11 is 0. The van der Waals surface area contributed by atoms with E-state index in [1.54, 1.807) is 24.3 Å². The fraction of sp³-hybridized carbons (Fsp3) is 0.667.